The maximum Gasteiger partial charge on any atom is 0.224 e. The Balaban J connectivity index is 1.48. The number of likely N-dealkylation sites (tertiary alicyclic amines) is 1. The van der Waals surface area contributed by atoms with E-state index in [-0.39, 0.29) is 11.5 Å². The molecule has 140 valence electrons. The molecule has 1 atom stereocenters. The van der Waals surface area contributed by atoms with Gasteiger partial charge in [-0.05, 0) is 46.1 Å². The smallest absolute Gasteiger partial charge is 0.224 e. The lowest BCUT2D eigenvalue weighted by molar-refractivity contribution is -0.160. The van der Waals surface area contributed by atoms with E-state index in [1.54, 1.807) is 0 Å². The molecule has 0 radical (unpaired) electrons. The minimum absolute atomic E-state index is 0.0788. The van der Waals surface area contributed by atoms with E-state index in [9.17, 15) is 4.79 Å². The highest BCUT2D eigenvalue weighted by molar-refractivity contribution is 5.76. The van der Waals surface area contributed by atoms with Crippen LogP contribution in [0.1, 0.15) is 50.4 Å². The van der Waals surface area contributed by atoms with Gasteiger partial charge in [-0.1, -0.05) is 0 Å². The Morgan fingerprint density at radius 2 is 2.16 bits per heavy atom. The van der Waals surface area contributed by atoms with Crippen LogP contribution in [0, 0.1) is 13.8 Å². The largest absolute Gasteiger partial charge is 0.378 e. The summed E-state index contributed by atoms with van der Waals surface area (Å²) in [5, 5.41) is 4.43. The fourth-order valence-electron chi connectivity index (χ4n) is 4.13. The minimum atomic E-state index is -0.0788. The molecule has 1 amide bonds. The molecule has 0 bridgehead atoms. The van der Waals surface area contributed by atoms with Gasteiger partial charge in [0, 0.05) is 51.4 Å². The van der Waals surface area contributed by atoms with Crippen molar-refractivity contribution in [2.45, 2.75) is 71.1 Å². The molecular formula is C19H31N3O3. The molecule has 1 aromatic rings. The Labute approximate surface area is 150 Å². The summed E-state index contributed by atoms with van der Waals surface area (Å²) >= 11 is 0. The fourth-order valence-corrected chi connectivity index (χ4v) is 4.13. The van der Waals surface area contributed by atoms with E-state index in [1.165, 1.54) is 0 Å². The summed E-state index contributed by atoms with van der Waals surface area (Å²) in [6, 6.07) is 2.05. The van der Waals surface area contributed by atoms with Crippen LogP contribution < -0.4 is 0 Å². The molecule has 2 aliphatic rings. The molecule has 3 heterocycles. The molecule has 1 aromatic heterocycles. The van der Waals surface area contributed by atoms with E-state index in [4.69, 9.17) is 9.47 Å². The summed E-state index contributed by atoms with van der Waals surface area (Å²) < 4.78 is 13.9. The second-order valence-corrected chi connectivity index (χ2v) is 7.38. The molecule has 1 unspecified atom stereocenters. The molecule has 1 spiro atoms. The highest BCUT2D eigenvalue weighted by Gasteiger charge is 2.41. The molecule has 0 N–H and O–H groups in total. The van der Waals surface area contributed by atoms with Crippen LogP contribution in [0.4, 0.5) is 0 Å². The van der Waals surface area contributed by atoms with Gasteiger partial charge in [0.05, 0.1) is 17.4 Å². The van der Waals surface area contributed by atoms with E-state index in [0.717, 1.165) is 63.4 Å². The van der Waals surface area contributed by atoms with E-state index in [1.807, 2.05) is 36.4 Å². The molecule has 6 heteroatoms. The van der Waals surface area contributed by atoms with Crippen LogP contribution in [-0.2, 0) is 20.8 Å². The van der Waals surface area contributed by atoms with E-state index in [0.29, 0.717) is 19.1 Å². The van der Waals surface area contributed by atoms with Crippen LogP contribution in [0.2, 0.25) is 0 Å². The van der Waals surface area contributed by atoms with Crippen molar-refractivity contribution in [1.29, 1.82) is 0 Å². The first kappa shape index (κ1) is 18.4. The zero-order chi connectivity index (χ0) is 17.9. The van der Waals surface area contributed by atoms with Crippen LogP contribution in [0.15, 0.2) is 6.07 Å². The van der Waals surface area contributed by atoms with Gasteiger partial charge < -0.3 is 14.4 Å². The van der Waals surface area contributed by atoms with E-state index >= 15 is 0 Å². The number of amides is 1. The first-order valence-electron chi connectivity index (χ1n) is 9.56. The van der Waals surface area contributed by atoms with Crippen molar-refractivity contribution >= 4 is 5.91 Å². The number of aromatic nitrogens is 2. The van der Waals surface area contributed by atoms with Gasteiger partial charge in [0.15, 0.2) is 0 Å². The predicted octanol–water partition coefficient (Wildman–Crippen LogP) is 2.47. The number of hydrogen-bond donors (Lipinski definition) is 0. The number of nitrogens with zero attached hydrogens (tertiary/aromatic N) is 3. The second kappa shape index (κ2) is 7.87. The van der Waals surface area contributed by atoms with Crippen LogP contribution in [0.25, 0.3) is 0 Å². The maximum absolute atomic E-state index is 12.5. The number of rotatable bonds is 5. The molecule has 25 heavy (non-hydrogen) atoms. The van der Waals surface area contributed by atoms with Gasteiger partial charge in [0.25, 0.3) is 0 Å². The molecule has 2 saturated heterocycles. The Bertz CT molecular complexity index is 589. The lowest BCUT2D eigenvalue weighted by Crippen LogP contribution is -2.52. The third-order valence-corrected chi connectivity index (χ3v) is 5.52. The van der Waals surface area contributed by atoms with Gasteiger partial charge in [-0.2, -0.15) is 5.10 Å². The summed E-state index contributed by atoms with van der Waals surface area (Å²) in [7, 11) is 0. The molecule has 0 aliphatic carbocycles. The average Bonchev–Trinajstić information content (AvgIpc) is 2.91. The van der Waals surface area contributed by atoms with Crippen molar-refractivity contribution in [3.8, 4) is 0 Å². The number of carbonyl (C=O) groups is 1. The predicted molar refractivity (Wildman–Crippen MR) is 95.5 cm³/mol. The van der Waals surface area contributed by atoms with Crippen molar-refractivity contribution in [2.24, 2.45) is 0 Å². The van der Waals surface area contributed by atoms with E-state index in [2.05, 4.69) is 5.10 Å². The first-order valence-corrected chi connectivity index (χ1v) is 9.56. The molecular weight excluding hydrogens is 318 g/mol. The van der Waals surface area contributed by atoms with Crippen LogP contribution in [0.5, 0.6) is 0 Å². The van der Waals surface area contributed by atoms with Crippen molar-refractivity contribution < 1.29 is 14.3 Å². The Morgan fingerprint density at radius 3 is 2.80 bits per heavy atom. The highest BCUT2D eigenvalue weighted by atomic mass is 16.5. The Hall–Kier alpha value is -1.40. The molecule has 2 aliphatic heterocycles. The van der Waals surface area contributed by atoms with Gasteiger partial charge in [-0.25, -0.2) is 0 Å². The van der Waals surface area contributed by atoms with Crippen molar-refractivity contribution in [3.63, 3.8) is 0 Å². The quantitative estimate of drug-likeness (QED) is 0.819. The normalized spacial score (nSPS) is 23.2. The Morgan fingerprint density at radius 1 is 1.40 bits per heavy atom. The first-order chi connectivity index (χ1) is 12.0. The zero-order valence-electron chi connectivity index (χ0n) is 15.8. The van der Waals surface area contributed by atoms with Gasteiger partial charge in [-0.15, -0.1) is 0 Å². The minimum Gasteiger partial charge on any atom is -0.378 e. The Kier molecular flexibility index (Phi) is 5.79. The SMILES string of the molecule is CCOC1CCOC2(CCN(C(=O)CCn3nc(C)cc3C)CC2)C1. The maximum atomic E-state index is 12.5. The third-order valence-electron chi connectivity index (χ3n) is 5.52. The summed E-state index contributed by atoms with van der Waals surface area (Å²) in [5.41, 5.74) is 2.04. The lowest BCUT2D eigenvalue weighted by atomic mass is 9.83. The number of ether oxygens (including phenoxy) is 2. The second-order valence-electron chi connectivity index (χ2n) is 7.38. The molecule has 3 rings (SSSR count). The fraction of sp³-hybridized carbons (Fsp3) is 0.789. The summed E-state index contributed by atoms with van der Waals surface area (Å²) in [5.74, 6) is 0.222. The number of piperidine rings is 1. The molecule has 0 saturated carbocycles. The number of carbonyl (C=O) groups excluding carboxylic acids is 1. The molecule has 6 nitrogen and oxygen atoms in total. The number of hydrogen-bond acceptors (Lipinski definition) is 4. The molecule has 0 aromatic carbocycles. The van der Waals surface area contributed by atoms with Crippen molar-refractivity contribution in [2.75, 3.05) is 26.3 Å². The zero-order valence-corrected chi connectivity index (χ0v) is 15.8. The van der Waals surface area contributed by atoms with Gasteiger partial charge in [0.2, 0.25) is 5.91 Å². The standard InChI is InChI=1S/C19H31N3O3/c1-4-24-17-6-12-25-19(14-17)7-10-21(11-8-19)18(23)5-9-22-16(3)13-15(2)20-22/h13,17H,4-12,14H2,1-3H3. The third kappa shape index (κ3) is 4.42. The van der Waals surface area contributed by atoms with Crippen molar-refractivity contribution in [1.82, 2.24) is 14.7 Å². The number of aryl methyl sites for hydroxylation is 3. The van der Waals surface area contributed by atoms with Gasteiger partial charge in [-0.3, -0.25) is 9.48 Å². The summed E-state index contributed by atoms with van der Waals surface area (Å²) in [6.45, 7) is 9.83. The summed E-state index contributed by atoms with van der Waals surface area (Å²) in [6.07, 6.45) is 4.61. The van der Waals surface area contributed by atoms with Crippen LogP contribution >= 0.6 is 0 Å². The van der Waals surface area contributed by atoms with Crippen LogP contribution in [-0.4, -0.2) is 58.6 Å². The van der Waals surface area contributed by atoms with Gasteiger partial charge in [0.1, 0.15) is 0 Å². The topological polar surface area (TPSA) is 56.6 Å². The highest BCUT2D eigenvalue weighted by Crippen LogP contribution is 2.36. The molecule has 2 fully saturated rings. The lowest BCUT2D eigenvalue weighted by Gasteiger charge is -2.46. The summed E-state index contributed by atoms with van der Waals surface area (Å²) in [4.78, 5) is 14.5. The monoisotopic (exact) mass is 349 g/mol. The van der Waals surface area contributed by atoms with Crippen molar-refractivity contribution in [3.05, 3.63) is 17.5 Å². The van der Waals surface area contributed by atoms with E-state index < -0.39 is 0 Å². The van der Waals surface area contributed by atoms with Crippen LogP contribution in [0.3, 0.4) is 0 Å². The average molecular weight is 349 g/mol. The van der Waals surface area contributed by atoms with Gasteiger partial charge >= 0.3 is 0 Å².